The molecule has 0 fully saturated rings. The fraction of sp³-hybridized carbons (Fsp3) is 0.111. The van der Waals surface area contributed by atoms with Crippen molar-refractivity contribution >= 4 is 27.5 Å². The van der Waals surface area contributed by atoms with Crippen molar-refractivity contribution in [3.05, 3.63) is 41.1 Å². The fourth-order valence-electron chi connectivity index (χ4n) is 1.03. The molecule has 0 amide bonds. The van der Waals surface area contributed by atoms with Crippen molar-refractivity contribution < 1.29 is 5.11 Å². The highest BCUT2D eigenvalue weighted by Crippen LogP contribution is 2.45. The van der Waals surface area contributed by atoms with Crippen molar-refractivity contribution in [1.29, 1.82) is 0 Å². The number of para-hydroxylation sites is 1. The molecule has 0 radical (unpaired) electrons. The minimum absolute atomic E-state index is 0.0983. The van der Waals surface area contributed by atoms with Crippen LogP contribution >= 0.6 is 21.8 Å². The standard InChI is InChI=1S/C9H9NOS2/c1-7-9(11)10(13-12-7)8-5-3-2-4-6-8/h2-6,11H,1H3/p-1. The van der Waals surface area contributed by atoms with Crippen molar-refractivity contribution in [3.8, 4) is 0 Å². The Morgan fingerprint density at radius 3 is 2.46 bits per heavy atom. The Hall–Kier alpha value is -0.740. The average molecular weight is 210 g/mol. The van der Waals surface area contributed by atoms with Gasteiger partial charge in [-0.25, -0.2) is 0 Å². The molecule has 4 heteroatoms. The zero-order valence-corrected chi connectivity index (χ0v) is 8.69. The van der Waals surface area contributed by atoms with E-state index >= 15 is 0 Å². The molecule has 0 saturated carbocycles. The molecule has 0 unspecified atom stereocenters. The van der Waals surface area contributed by atoms with Crippen LogP contribution in [0.5, 0.6) is 0 Å². The van der Waals surface area contributed by atoms with E-state index in [1.165, 1.54) is 21.8 Å². The molecule has 1 aliphatic rings. The van der Waals surface area contributed by atoms with E-state index in [-0.39, 0.29) is 5.88 Å². The monoisotopic (exact) mass is 210 g/mol. The molecule has 2 rings (SSSR count). The molecule has 1 aliphatic heterocycles. The molecule has 0 aliphatic carbocycles. The first-order valence-electron chi connectivity index (χ1n) is 3.87. The van der Waals surface area contributed by atoms with Crippen LogP contribution in [0.1, 0.15) is 6.92 Å². The summed E-state index contributed by atoms with van der Waals surface area (Å²) in [4.78, 5) is 0.842. The van der Waals surface area contributed by atoms with Gasteiger partial charge in [-0.2, -0.15) is 0 Å². The fourth-order valence-corrected chi connectivity index (χ4v) is 3.08. The molecule has 0 spiro atoms. The van der Waals surface area contributed by atoms with Crippen molar-refractivity contribution in [2.75, 3.05) is 4.31 Å². The summed E-state index contributed by atoms with van der Waals surface area (Å²) in [7, 11) is 2.99. The molecule has 0 atom stereocenters. The lowest BCUT2D eigenvalue weighted by Gasteiger charge is -2.23. The third kappa shape index (κ3) is 1.64. The second-order valence-electron chi connectivity index (χ2n) is 2.65. The van der Waals surface area contributed by atoms with Gasteiger partial charge >= 0.3 is 0 Å². The van der Waals surface area contributed by atoms with E-state index in [1.54, 1.807) is 4.31 Å². The van der Waals surface area contributed by atoms with Crippen LogP contribution in [-0.2, 0) is 0 Å². The first-order valence-corrected chi connectivity index (χ1v) is 5.97. The summed E-state index contributed by atoms with van der Waals surface area (Å²) in [5.74, 6) is 0.0983. The average Bonchev–Trinajstić information content (AvgIpc) is 2.49. The summed E-state index contributed by atoms with van der Waals surface area (Å²) < 4.78 is 1.71. The van der Waals surface area contributed by atoms with E-state index in [0.29, 0.717) is 0 Å². The zero-order chi connectivity index (χ0) is 9.26. The van der Waals surface area contributed by atoms with E-state index in [4.69, 9.17) is 0 Å². The maximum atomic E-state index is 11.6. The highest BCUT2D eigenvalue weighted by atomic mass is 33.1. The van der Waals surface area contributed by atoms with Crippen LogP contribution in [0.15, 0.2) is 41.1 Å². The van der Waals surface area contributed by atoms with Crippen molar-refractivity contribution in [2.45, 2.75) is 6.92 Å². The van der Waals surface area contributed by atoms with Gasteiger partial charge in [-0.05, 0) is 35.7 Å². The molecule has 68 valence electrons. The van der Waals surface area contributed by atoms with Gasteiger partial charge in [-0.15, -0.1) is 0 Å². The van der Waals surface area contributed by atoms with Gasteiger partial charge in [0.2, 0.25) is 0 Å². The SMILES string of the molecule is CC1=C([O-])N(c2ccccc2)SS1. The summed E-state index contributed by atoms with van der Waals surface area (Å²) in [5, 5.41) is 11.6. The molecule has 0 aromatic heterocycles. The van der Waals surface area contributed by atoms with Gasteiger partial charge in [0.25, 0.3) is 0 Å². The number of nitrogens with zero attached hydrogens (tertiary/aromatic N) is 1. The smallest absolute Gasteiger partial charge is 0.0519 e. The number of benzene rings is 1. The normalized spacial score (nSPS) is 16.8. The Morgan fingerprint density at radius 1 is 1.23 bits per heavy atom. The molecule has 0 bridgehead atoms. The number of anilines is 1. The van der Waals surface area contributed by atoms with E-state index in [2.05, 4.69) is 0 Å². The number of allylic oxidation sites excluding steroid dienone is 1. The lowest BCUT2D eigenvalue weighted by atomic mass is 10.3. The molecule has 0 N–H and O–H groups in total. The summed E-state index contributed by atoms with van der Waals surface area (Å²) in [6.45, 7) is 1.85. The number of hydrogen-bond donors (Lipinski definition) is 0. The minimum Gasteiger partial charge on any atom is -0.859 e. The topological polar surface area (TPSA) is 26.3 Å². The highest BCUT2D eigenvalue weighted by molar-refractivity contribution is 8.79. The second-order valence-corrected chi connectivity index (χ2v) is 4.89. The number of hydrogen-bond acceptors (Lipinski definition) is 4. The minimum atomic E-state index is 0.0983. The zero-order valence-electron chi connectivity index (χ0n) is 7.06. The van der Waals surface area contributed by atoms with Gasteiger partial charge in [0.05, 0.1) is 5.69 Å². The van der Waals surface area contributed by atoms with Gasteiger partial charge in [0.15, 0.2) is 0 Å². The van der Waals surface area contributed by atoms with Crippen LogP contribution < -0.4 is 9.41 Å². The third-order valence-corrected chi connectivity index (χ3v) is 4.16. The van der Waals surface area contributed by atoms with E-state index in [0.717, 1.165) is 10.6 Å². The molecule has 13 heavy (non-hydrogen) atoms. The molecule has 2 nitrogen and oxygen atoms in total. The second kappa shape index (κ2) is 3.55. The predicted molar refractivity (Wildman–Crippen MR) is 56.8 cm³/mol. The lowest BCUT2D eigenvalue weighted by molar-refractivity contribution is -0.302. The van der Waals surface area contributed by atoms with Crippen LogP contribution in [0.3, 0.4) is 0 Å². The molecule has 1 aromatic rings. The molecular weight excluding hydrogens is 202 g/mol. The van der Waals surface area contributed by atoms with Crippen molar-refractivity contribution in [1.82, 2.24) is 0 Å². The van der Waals surface area contributed by atoms with Crippen LogP contribution in [0, 0.1) is 0 Å². The van der Waals surface area contributed by atoms with Gasteiger partial charge < -0.3 is 5.11 Å². The van der Waals surface area contributed by atoms with E-state index in [9.17, 15) is 5.11 Å². The van der Waals surface area contributed by atoms with Crippen LogP contribution in [-0.4, -0.2) is 0 Å². The lowest BCUT2D eigenvalue weighted by Crippen LogP contribution is -2.20. The van der Waals surface area contributed by atoms with Crippen LogP contribution in [0.2, 0.25) is 0 Å². The third-order valence-electron chi connectivity index (χ3n) is 1.71. The quantitative estimate of drug-likeness (QED) is 0.525. The first-order chi connectivity index (χ1) is 6.29. The molecule has 1 heterocycles. The maximum absolute atomic E-state index is 11.6. The van der Waals surface area contributed by atoms with Gasteiger partial charge in [0.1, 0.15) is 0 Å². The Morgan fingerprint density at radius 2 is 1.92 bits per heavy atom. The Bertz CT molecular complexity index is 337. The van der Waals surface area contributed by atoms with Crippen LogP contribution in [0.4, 0.5) is 5.69 Å². The van der Waals surface area contributed by atoms with Gasteiger partial charge in [0, 0.05) is 15.9 Å². The number of rotatable bonds is 1. The van der Waals surface area contributed by atoms with Crippen molar-refractivity contribution in [3.63, 3.8) is 0 Å². The highest BCUT2D eigenvalue weighted by Gasteiger charge is 2.15. The Labute approximate surface area is 85.2 Å². The van der Waals surface area contributed by atoms with Gasteiger partial charge in [-0.1, -0.05) is 18.2 Å². The van der Waals surface area contributed by atoms with E-state index in [1.807, 2.05) is 37.3 Å². The van der Waals surface area contributed by atoms with Crippen LogP contribution in [0.25, 0.3) is 0 Å². The van der Waals surface area contributed by atoms with Gasteiger partial charge in [-0.3, -0.25) is 4.31 Å². The van der Waals surface area contributed by atoms with Crippen molar-refractivity contribution in [2.24, 2.45) is 0 Å². The Balaban J connectivity index is 2.30. The Kier molecular flexibility index (Phi) is 2.42. The molecule has 0 saturated heterocycles. The molecular formula is C9H8NOS2-. The largest absolute Gasteiger partial charge is 0.859 e. The maximum Gasteiger partial charge on any atom is 0.0519 e. The summed E-state index contributed by atoms with van der Waals surface area (Å²) in [5.41, 5.74) is 0.946. The summed E-state index contributed by atoms with van der Waals surface area (Å²) >= 11 is 0. The van der Waals surface area contributed by atoms with E-state index < -0.39 is 0 Å². The molecule has 1 aromatic carbocycles. The summed E-state index contributed by atoms with van der Waals surface area (Å²) in [6.07, 6.45) is 0. The first kappa shape index (κ1) is 8.84. The summed E-state index contributed by atoms with van der Waals surface area (Å²) in [6, 6.07) is 9.68. The predicted octanol–water partition coefficient (Wildman–Crippen LogP) is 2.35.